The van der Waals surface area contributed by atoms with E-state index in [1.54, 1.807) is 0 Å². The number of nitrogens with zero attached hydrogens (tertiary/aromatic N) is 1. The minimum Gasteiger partial charge on any atom is -0.314 e. The first-order chi connectivity index (χ1) is 8.89. The van der Waals surface area contributed by atoms with Crippen LogP contribution in [0.1, 0.15) is 43.5 Å². The van der Waals surface area contributed by atoms with Gasteiger partial charge in [-0.05, 0) is 36.0 Å². The van der Waals surface area contributed by atoms with E-state index >= 15 is 0 Å². The SMILES string of the molecule is Cc1ccc([C@@H](N2CCNCC2)C(C)(C)C)cc1C.Cl.Cl. The van der Waals surface area contributed by atoms with Crippen molar-refractivity contribution >= 4 is 24.8 Å². The molecule has 2 rings (SSSR count). The van der Waals surface area contributed by atoms with Crippen LogP contribution in [0.3, 0.4) is 0 Å². The van der Waals surface area contributed by atoms with Crippen LogP contribution in [0, 0.1) is 19.3 Å². The third kappa shape index (κ3) is 5.14. The van der Waals surface area contributed by atoms with Crippen molar-refractivity contribution in [3.63, 3.8) is 0 Å². The molecule has 21 heavy (non-hydrogen) atoms. The average molecular weight is 333 g/mol. The van der Waals surface area contributed by atoms with Gasteiger partial charge in [0.1, 0.15) is 0 Å². The molecule has 1 aromatic rings. The molecule has 0 saturated carbocycles. The third-order valence-electron chi connectivity index (χ3n) is 4.18. The molecule has 1 heterocycles. The number of benzene rings is 1. The van der Waals surface area contributed by atoms with Crippen LogP contribution in [0.4, 0.5) is 0 Å². The molecular formula is C17H30Cl2N2. The van der Waals surface area contributed by atoms with E-state index in [0.717, 1.165) is 26.2 Å². The van der Waals surface area contributed by atoms with Crippen molar-refractivity contribution in [1.29, 1.82) is 0 Å². The summed E-state index contributed by atoms with van der Waals surface area (Å²) in [6, 6.07) is 7.48. The second-order valence-electron chi connectivity index (χ2n) is 6.90. The van der Waals surface area contributed by atoms with Crippen LogP contribution < -0.4 is 5.32 Å². The zero-order valence-corrected chi connectivity index (χ0v) is 15.5. The van der Waals surface area contributed by atoms with Gasteiger partial charge in [0.2, 0.25) is 0 Å². The van der Waals surface area contributed by atoms with E-state index < -0.39 is 0 Å². The molecule has 0 aromatic heterocycles. The maximum absolute atomic E-state index is 3.45. The fraction of sp³-hybridized carbons (Fsp3) is 0.647. The van der Waals surface area contributed by atoms with Crippen LogP contribution in [-0.4, -0.2) is 31.1 Å². The Balaban J connectivity index is 0.00000200. The lowest BCUT2D eigenvalue weighted by Crippen LogP contribution is -2.48. The van der Waals surface area contributed by atoms with Gasteiger partial charge in [-0.15, -0.1) is 24.8 Å². The molecule has 2 nitrogen and oxygen atoms in total. The predicted molar refractivity (Wildman–Crippen MR) is 97.1 cm³/mol. The number of halogens is 2. The van der Waals surface area contributed by atoms with Crippen molar-refractivity contribution in [1.82, 2.24) is 10.2 Å². The fourth-order valence-corrected chi connectivity index (χ4v) is 3.13. The van der Waals surface area contributed by atoms with Gasteiger partial charge in [-0.1, -0.05) is 39.0 Å². The number of hydrogen-bond acceptors (Lipinski definition) is 2. The largest absolute Gasteiger partial charge is 0.314 e. The van der Waals surface area contributed by atoms with E-state index in [2.05, 4.69) is 63.0 Å². The molecule has 1 aliphatic rings. The minimum absolute atomic E-state index is 0. The van der Waals surface area contributed by atoms with Crippen LogP contribution in [-0.2, 0) is 0 Å². The summed E-state index contributed by atoms with van der Waals surface area (Å²) >= 11 is 0. The van der Waals surface area contributed by atoms with E-state index in [9.17, 15) is 0 Å². The highest BCUT2D eigenvalue weighted by molar-refractivity contribution is 5.85. The zero-order chi connectivity index (χ0) is 14.0. The van der Waals surface area contributed by atoms with E-state index in [1.165, 1.54) is 16.7 Å². The number of nitrogens with one attached hydrogen (secondary N) is 1. The molecular weight excluding hydrogens is 303 g/mol. The van der Waals surface area contributed by atoms with Gasteiger partial charge in [0.25, 0.3) is 0 Å². The molecule has 1 atom stereocenters. The smallest absolute Gasteiger partial charge is 0.0397 e. The quantitative estimate of drug-likeness (QED) is 0.875. The highest BCUT2D eigenvalue weighted by Gasteiger charge is 2.32. The fourth-order valence-electron chi connectivity index (χ4n) is 3.13. The lowest BCUT2D eigenvalue weighted by Gasteiger charge is -2.42. The summed E-state index contributed by atoms with van der Waals surface area (Å²) in [6.45, 7) is 16.0. The van der Waals surface area contributed by atoms with E-state index in [1.807, 2.05) is 0 Å². The maximum atomic E-state index is 3.45. The van der Waals surface area contributed by atoms with Crippen molar-refractivity contribution in [3.05, 3.63) is 34.9 Å². The summed E-state index contributed by atoms with van der Waals surface area (Å²) in [5, 5.41) is 3.45. The molecule has 122 valence electrons. The molecule has 4 heteroatoms. The average Bonchev–Trinajstić information content (AvgIpc) is 2.34. The van der Waals surface area contributed by atoms with Crippen LogP contribution in [0.15, 0.2) is 18.2 Å². The summed E-state index contributed by atoms with van der Waals surface area (Å²) in [5.74, 6) is 0. The summed E-state index contributed by atoms with van der Waals surface area (Å²) in [5.41, 5.74) is 4.52. The maximum Gasteiger partial charge on any atom is 0.0397 e. The van der Waals surface area contributed by atoms with Gasteiger partial charge in [0.05, 0.1) is 0 Å². The Kier molecular flexibility index (Phi) is 8.27. The molecule has 0 bridgehead atoms. The van der Waals surface area contributed by atoms with Gasteiger partial charge in [0.15, 0.2) is 0 Å². The second-order valence-corrected chi connectivity index (χ2v) is 6.90. The Hall–Kier alpha value is -0.280. The zero-order valence-electron chi connectivity index (χ0n) is 13.9. The lowest BCUT2D eigenvalue weighted by molar-refractivity contribution is 0.0862. The van der Waals surface area contributed by atoms with Gasteiger partial charge in [-0.3, -0.25) is 4.90 Å². The number of aryl methyl sites for hydroxylation is 2. The van der Waals surface area contributed by atoms with Gasteiger partial charge in [0, 0.05) is 32.2 Å². The summed E-state index contributed by atoms with van der Waals surface area (Å²) in [4.78, 5) is 2.64. The Bertz CT molecular complexity index is 435. The molecule has 0 aliphatic carbocycles. The van der Waals surface area contributed by atoms with Crippen molar-refractivity contribution in [3.8, 4) is 0 Å². The lowest BCUT2D eigenvalue weighted by atomic mass is 9.80. The van der Waals surface area contributed by atoms with Crippen molar-refractivity contribution in [2.24, 2.45) is 5.41 Å². The summed E-state index contributed by atoms with van der Waals surface area (Å²) < 4.78 is 0. The van der Waals surface area contributed by atoms with Gasteiger partial charge in [-0.25, -0.2) is 0 Å². The number of piperazine rings is 1. The Labute approximate surface area is 142 Å². The standard InChI is InChI=1S/C17H28N2.2ClH/c1-13-6-7-15(12-14(13)2)16(17(3,4)5)19-10-8-18-9-11-19;;/h6-7,12,16,18H,8-11H2,1-5H3;2*1H/t16-;;/m1../s1. The van der Waals surface area contributed by atoms with Crippen LogP contribution in [0.2, 0.25) is 0 Å². The monoisotopic (exact) mass is 332 g/mol. The molecule has 0 spiro atoms. The van der Waals surface area contributed by atoms with Crippen LogP contribution in [0.25, 0.3) is 0 Å². The molecule has 1 saturated heterocycles. The molecule has 0 unspecified atom stereocenters. The van der Waals surface area contributed by atoms with Crippen LogP contribution >= 0.6 is 24.8 Å². The first-order valence-corrected chi connectivity index (χ1v) is 7.41. The number of hydrogen-bond donors (Lipinski definition) is 1. The van der Waals surface area contributed by atoms with Crippen molar-refractivity contribution in [2.45, 2.75) is 40.7 Å². The first-order valence-electron chi connectivity index (χ1n) is 7.41. The van der Waals surface area contributed by atoms with Gasteiger partial charge >= 0.3 is 0 Å². The molecule has 1 fully saturated rings. The number of rotatable bonds is 2. The molecule has 0 radical (unpaired) electrons. The summed E-state index contributed by atoms with van der Waals surface area (Å²) in [7, 11) is 0. The Morgan fingerprint density at radius 2 is 1.57 bits per heavy atom. The topological polar surface area (TPSA) is 15.3 Å². The Morgan fingerprint density at radius 1 is 1.00 bits per heavy atom. The van der Waals surface area contributed by atoms with E-state index in [-0.39, 0.29) is 30.2 Å². The first kappa shape index (κ1) is 20.7. The third-order valence-corrected chi connectivity index (χ3v) is 4.18. The van der Waals surface area contributed by atoms with E-state index in [0.29, 0.717) is 6.04 Å². The summed E-state index contributed by atoms with van der Waals surface area (Å²) in [6.07, 6.45) is 0. The second kappa shape index (κ2) is 8.38. The van der Waals surface area contributed by atoms with Crippen LogP contribution in [0.5, 0.6) is 0 Å². The molecule has 0 amide bonds. The van der Waals surface area contributed by atoms with Crippen molar-refractivity contribution < 1.29 is 0 Å². The highest BCUT2D eigenvalue weighted by Crippen LogP contribution is 2.38. The van der Waals surface area contributed by atoms with Gasteiger partial charge in [-0.2, -0.15) is 0 Å². The predicted octanol–water partition coefficient (Wildman–Crippen LogP) is 4.14. The normalized spacial score (nSPS) is 17.6. The van der Waals surface area contributed by atoms with Crippen molar-refractivity contribution in [2.75, 3.05) is 26.2 Å². The van der Waals surface area contributed by atoms with E-state index in [4.69, 9.17) is 0 Å². The van der Waals surface area contributed by atoms with Gasteiger partial charge < -0.3 is 5.32 Å². The highest BCUT2D eigenvalue weighted by atomic mass is 35.5. The minimum atomic E-state index is 0. The molecule has 1 aliphatic heterocycles. The molecule has 1 aromatic carbocycles. The Morgan fingerprint density at radius 3 is 2.05 bits per heavy atom. The molecule has 1 N–H and O–H groups in total.